The summed E-state index contributed by atoms with van der Waals surface area (Å²) in [7, 11) is 0. The molecule has 2 aromatic carbocycles. The molecule has 2 aliphatic heterocycles. The lowest BCUT2D eigenvalue weighted by molar-refractivity contribution is 0.0126. The predicted octanol–water partition coefficient (Wildman–Crippen LogP) is 3.71. The van der Waals surface area contributed by atoms with E-state index in [-0.39, 0.29) is 34.4 Å². The molecule has 2 aromatic rings. The molecule has 0 bridgehead atoms. The van der Waals surface area contributed by atoms with Gasteiger partial charge in [-0.15, -0.1) is 0 Å². The number of hydrogen-bond donors (Lipinski definition) is 1. The molecule has 1 saturated heterocycles. The molecule has 4 rings (SSSR count). The molecular formula is C25H29N3O4. The molecule has 0 aromatic heterocycles. The maximum atomic E-state index is 13.7. The number of benzene rings is 2. The Bertz CT molecular complexity index is 1040. The third-order valence-electron chi connectivity index (χ3n) is 6.00. The molecular weight excluding hydrogens is 406 g/mol. The second-order valence-corrected chi connectivity index (χ2v) is 8.81. The first-order chi connectivity index (χ1) is 15.3. The van der Waals surface area contributed by atoms with E-state index in [0.717, 1.165) is 11.1 Å². The largest absolute Gasteiger partial charge is 0.379 e. The summed E-state index contributed by atoms with van der Waals surface area (Å²) in [5.41, 5.74) is 6.00. The molecule has 3 amide bonds. The quantitative estimate of drug-likeness (QED) is 0.725. The third-order valence-corrected chi connectivity index (χ3v) is 6.00. The van der Waals surface area contributed by atoms with Crippen LogP contribution in [0.3, 0.4) is 0 Å². The van der Waals surface area contributed by atoms with Gasteiger partial charge in [0.25, 0.3) is 17.7 Å². The summed E-state index contributed by atoms with van der Waals surface area (Å²) >= 11 is 0. The van der Waals surface area contributed by atoms with Crippen LogP contribution in [0.25, 0.3) is 0 Å². The maximum absolute atomic E-state index is 13.7. The normalized spacial score (nSPS) is 16.8. The fourth-order valence-corrected chi connectivity index (χ4v) is 4.33. The van der Waals surface area contributed by atoms with E-state index < -0.39 is 11.8 Å². The highest BCUT2D eigenvalue weighted by atomic mass is 16.5. The van der Waals surface area contributed by atoms with E-state index in [2.05, 4.69) is 5.43 Å². The van der Waals surface area contributed by atoms with E-state index in [1.807, 2.05) is 45.9 Å². The van der Waals surface area contributed by atoms with Crippen LogP contribution in [0.15, 0.2) is 36.4 Å². The van der Waals surface area contributed by atoms with Crippen molar-refractivity contribution < 1.29 is 19.1 Å². The fraction of sp³-hybridized carbons (Fsp3) is 0.400. The van der Waals surface area contributed by atoms with Crippen molar-refractivity contribution in [3.8, 4) is 0 Å². The van der Waals surface area contributed by atoms with Gasteiger partial charge in [0, 0.05) is 13.1 Å². The highest BCUT2D eigenvalue weighted by molar-refractivity contribution is 6.36. The van der Waals surface area contributed by atoms with Crippen molar-refractivity contribution in [1.29, 1.82) is 0 Å². The Kier molecular flexibility index (Phi) is 6.13. The van der Waals surface area contributed by atoms with E-state index >= 15 is 0 Å². The Morgan fingerprint density at radius 2 is 1.50 bits per heavy atom. The molecule has 0 saturated carbocycles. The lowest BCUT2D eigenvalue weighted by atomic mass is 9.92. The van der Waals surface area contributed by atoms with Crippen LogP contribution in [0.4, 0.5) is 5.69 Å². The zero-order chi connectivity index (χ0) is 23.0. The summed E-state index contributed by atoms with van der Waals surface area (Å²) in [6.07, 6.45) is 0. The SMILES string of the molecule is CC(C)c1cccc(C(C)C)c1N1C(=O)c2cccc(C(=O)NN3CCOCC3)c2C1=O. The van der Waals surface area contributed by atoms with Gasteiger partial charge >= 0.3 is 0 Å². The summed E-state index contributed by atoms with van der Waals surface area (Å²) in [6.45, 7) is 10.4. The maximum Gasteiger partial charge on any atom is 0.266 e. The lowest BCUT2D eigenvalue weighted by Gasteiger charge is -2.27. The minimum absolute atomic E-state index is 0.122. The number of imide groups is 1. The number of nitrogens with one attached hydrogen (secondary N) is 1. The minimum Gasteiger partial charge on any atom is -0.379 e. The summed E-state index contributed by atoms with van der Waals surface area (Å²) in [5, 5.41) is 1.77. The molecule has 168 valence electrons. The van der Waals surface area contributed by atoms with Crippen LogP contribution in [0.1, 0.15) is 81.7 Å². The van der Waals surface area contributed by atoms with Crippen LogP contribution in [-0.2, 0) is 4.74 Å². The van der Waals surface area contributed by atoms with Gasteiger partial charge in [-0.25, -0.2) is 9.91 Å². The van der Waals surface area contributed by atoms with Crippen LogP contribution < -0.4 is 10.3 Å². The van der Waals surface area contributed by atoms with Crippen molar-refractivity contribution in [1.82, 2.24) is 10.4 Å². The van der Waals surface area contributed by atoms with Crippen LogP contribution in [0.2, 0.25) is 0 Å². The number of carbonyl (C=O) groups is 3. The van der Waals surface area contributed by atoms with Crippen LogP contribution in [0.5, 0.6) is 0 Å². The fourth-order valence-electron chi connectivity index (χ4n) is 4.33. The zero-order valence-electron chi connectivity index (χ0n) is 19.0. The number of para-hydroxylation sites is 1. The number of ether oxygens (including phenoxy) is 1. The average molecular weight is 436 g/mol. The van der Waals surface area contributed by atoms with Crippen molar-refractivity contribution in [3.05, 3.63) is 64.2 Å². The molecule has 1 fully saturated rings. The molecule has 32 heavy (non-hydrogen) atoms. The summed E-state index contributed by atoms with van der Waals surface area (Å²) < 4.78 is 5.32. The summed E-state index contributed by atoms with van der Waals surface area (Å²) in [6, 6.07) is 10.8. The third kappa shape index (κ3) is 3.82. The Balaban J connectivity index is 1.76. The van der Waals surface area contributed by atoms with Gasteiger partial charge in [0.05, 0.1) is 35.6 Å². The number of amides is 3. The van der Waals surface area contributed by atoms with Gasteiger partial charge in [-0.2, -0.15) is 0 Å². The van der Waals surface area contributed by atoms with Gasteiger partial charge < -0.3 is 4.74 Å². The molecule has 7 heteroatoms. The van der Waals surface area contributed by atoms with E-state index in [0.29, 0.717) is 32.0 Å². The van der Waals surface area contributed by atoms with E-state index in [1.54, 1.807) is 23.2 Å². The summed E-state index contributed by atoms with van der Waals surface area (Å²) in [5.74, 6) is -0.990. The monoisotopic (exact) mass is 435 g/mol. The molecule has 7 nitrogen and oxygen atoms in total. The number of anilines is 1. The predicted molar refractivity (Wildman–Crippen MR) is 122 cm³/mol. The average Bonchev–Trinajstić information content (AvgIpc) is 3.03. The standard InChI is InChI=1S/C25H29N3O4/c1-15(2)17-7-5-8-18(16(3)4)22(17)28-24(30)20-10-6-9-19(21(20)25(28)31)23(29)26-27-11-13-32-14-12-27/h5-10,15-16H,11-14H2,1-4H3,(H,26,29). The zero-order valence-corrected chi connectivity index (χ0v) is 19.0. The number of hydrogen-bond acceptors (Lipinski definition) is 5. The van der Waals surface area contributed by atoms with Crippen molar-refractivity contribution in [3.63, 3.8) is 0 Å². The van der Waals surface area contributed by atoms with Gasteiger partial charge in [0.2, 0.25) is 0 Å². The van der Waals surface area contributed by atoms with Crippen molar-refractivity contribution >= 4 is 23.4 Å². The van der Waals surface area contributed by atoms with Gasteiger partial charge in [-0.3, -0.25) is 19.8 Å². The molecule has 0 aliphatic carbocycles. The van der Waals surface area contributed by atoms with E-state index in [4.69, 9.17) is 4.74 Å². The second kappa shape index (κ2) is 8.84. The first-order valence-corrected chi connectivity index (χ1v) is 11.1. The Morgan fingerprint density at radius 3 is 2.09 bits per heavy atom. The number of nitrogens with zero attached hydrogens (tertiary/aromatic N) is 2. The highest BCUT2D eigenvalue weighted by Crippen LogP contribution is 2.40. The van der Waals surface area contributed by atoms with Gasteiger partial charge in [0.1, 0.15) is 0 Å². The Morgan fingerprint density at radius 1 is 0.906 bits per heavy atom. The van der Waals surface area contributed by atoms with Crippen molar-refractivity contribution in [2.24, 2.45) is 0 Å². The molecule has 1 N–H and O–H groups in total. The van der Waals surface area contributed by atoms with Gasteiger partial charge in [-0.1, -0.05) is 52.0 Å². The van der Waals surface area contributed by atoms with Gasteiger partial charge in [0.15, 0.2) is 0 Å². The minimum atomic E-state index is -0.451. The molecule has 2 heterocycles. The molecule has 0 radical (unpaired) electrons. The number of rotatable bonds is 5. The Hall–Kier alpha value is -3.03. The molecule has 2 aliphatic rings. The van der Waals surface area contributed by atoms with Gasteiger partial charge in [-0.05, 0) is 35.1 Å². The number of fused-ring (bicyclic) bond motifs is 1. The van der Waals surface area contributed by atoms with Crippen LogP contribution in [0, 0.1) is 0 Å². The Labute approximate surface area is 188 Å². The molecule has 0 atom stereocenters. The number of carbonyl (C=O) groups excluding carboxylic acids is 3. The first kappa shape index (κ1) is 22.2. The summed E-state index contributed by atoms with van der Waals surface area (Å²) in [4.78, 5) is 41.4. The highest BCUT2D eigenvalue weighted by Gasteiger charge is 2.41. The number of morpholine rings is 1. The molecule has 0 unspecified atom stereocenters. The first-order valence-electron chi connectivity index (χ1n) is 11.1. The van der Waals surface area contributed by atoms with E-state index in [9.17, 15) is 14.4 Å². The van der Waals surface area contributed by atoms with Crippen LogP contribution in [-0.4, -0.2) is 49.0 Å². The van der Waals surface area contributed by atoms with E-state index in [1.165, 1.54) is 4.90 Å². The van der Waals surface area contributed by atoms with Crippen LogP contribution >= 0.6 is 0 Å². The second-order valence-electron chi connectivity index (χ2n) is 8.81. The van der Waals surface area contributed by atoms with Crippen molar-refractivity contribution in [2.45, 2.75) is 39.5 Å². The molecule has 0 spiro atoms. The topological polar surface area (TPSA) is 79.0 Å². The lowest BCUT2D eigenvalue weighted by Crippen LogP contribution is -2.48. The van der Waals surface area contributed by atoms with Crippen molar-refractivity contribution in [2.75, 3.05) is 31.2 Å². The smallest absolute Gasteiger partial charge is 0.266 e. The number of hydrazine groups is 1.